The maximum atomic E-state index is 12.9. The Hall–Kier alpha value is -2.19. The van der Waals surface area contributed by atoms with Gasteiger partial charge in [0.1, 0.15) is 11.4 Å². The van der Waals surface area contributed by atoms with E-state index in [-0.39, 0.29) is 11.8 Å². The first-order valence-electron chi connectivity index (χ1n) is 8.16. The van der Waals surface area contributed by atoms with Crippen molar-refractivity contribution in [3.05, 3.63) is 24.3 Å². The van der Waals surface area contributed by atoms with Crippen LogP contribution in [0.5, 0.6) is 5.75 Å². The third kappa shape index (κ3) is 5.40. The molecule has 0 saturated carbocycles. The summed E-state index contributed by atoms with van der Waals surface area (Å²) in [6, 6.07) is 5.46. The average Bonchev–Trinajstić information content (AvgIpc) is 2.53. The van der Waals surface area contributed by atoms with Crippen LogP contribution >= 0.6 is 0 Å². The zero-order chi connectivity index (χ0) is 19.5. The minimum atomic E-state index is -4.53. The third-order valence-electron chi connectivity index (χ3n) is 3.64. The van der Waals surface area contributed by atoms with Crippen molar-refractivity contribution in [3.63, 3.8) is 0 Å². The van der Waals surface area contributed by atoms with Crippen molar-refractivity contribution in [2.75, 3.05) is 31.1 Å². The standard InChI is InChI=1S/C17H22F4N2O3/c1-16(2,3)26-15(24)23-10-8-22(9-11-23)12-4-6-13(7-5-12)25-17(20,21)14(18)19/h4-7,14H,8-11H2,1-3H3. The maximum absolute atomic E-state index is 12.9. The smallest absolute Gasteiger partial charge is 0.444 e. The van der Waals surface area contributed by atoms with Crippen molar-refractivity contribution in [2.24, 2.45) is 0 Å². The number of nitrogens with zero attached hydrogens (tertiary/aromatic N) is 2. The summed E-state index contributed by atoms with van der Waals surface area (Å²) in [5.41, 5.74) is 0.159. The Kier molecular flexibility index (Phi) is 5.87. The van der Waals surface area contributed by atoms with Crippen LogP contribution in [0.2, 0.25) is 0 Å². The van der Waals surface area contributed by atoms with Crippen molar-refractivity contribution in [3.8, 4) is 5.75 Å². The largest absolute Gasteiger partial charge is 0.461 e. The lowest BCUT2D eigenvalue weighted by Crippen LogP contribution is -2.50. The number of hydrogen-bond acceptors (Lipinski definition) is 4. The van der Waals surface area contributed by atoms with E-state index < -0.39 is 18.1 Å². The van der Waals surface area contributed by atoms with Crippen LogP contribution in [0.15, 0.2) is 24.3 Å². The molecule has 1 heterocycles. The molecule has 0 spiro atoms. The molecule has 2 rings (SSSR count). The van der Waals surface area contributed by atoms with Crippen LogP contribution in [0.3, 0.4) is 0 Å². The number of halogens is 4. The highest BCUT2D eigenvalue weighted by atomic mass is 19.3. The molecule has 146 valence electrons. The number of amides is 1. The molecule has 0 N–H and O–H groups in total. The minimum Gasteiger partial charge on any atom is -0.444 e. The number of hydrogen-bond donors (Lipinski definition) is 0. The fraction of sp³-hybridized carbons (Fsp3) is 0.588. The van der Waals surface area contributed by atoms with E-state index >= 15 is 0 Å². The summed E-state index contributed by atoms with van der Waals surface area (Å²) in [6.45, 7) is 7.36. The van der Waals surface area contributed by atoms with Gasteiger partial charge in [0.25, 0.3) is 0 Å². The molecule has 0 radical (unpaired) electrons. The number of benzene rings is 1. The van der Waals surface area contributed by atoms with E-state index in [0.717, 1.165) is 5.69 Å². The minimum absolute atomic E-state index is 0.341. The Morgan fingerprint density at radius 1 is 1.04 bits per heavy atom. The number of piperazine rings is 1. The molecular weight excluding hydrogens is 356 g/mol. The van der Waals surface area contributed by atoms with Gasteiger partial charge in [0, 0.05) is 31.9 Å². The quantitative estimate of drug-likeness (QED) is 0.744. The number of carbonyl (C=O) groups is 1. The molecule has 1 fully saturated rings. The van der Waals surface area contributed by atoms with E-state index in [0.29, 0.717) is 26.2 Å². The van der Waals surface area contributed by atoms with Crippen LogP contribution in [-0.2, 0) is 4.74 Å². The molecule has 1 saturated heterocycles. The monoisotopic (exact) mass is 378 g/mol. The highest BCUT2D eigenvalue weighted by Gasteiger charge is 2.43. The zero-order valence-corrected chi connectivity index (χ0v) is 14.8. The molecule has 1 amide bonds. The van der Waals surface area contributed by atoms with Crippen LogP contribution in [-0.4, -0.2) is 55.3 Å². The summed E-state index contributed by atoms with van der Waals surface area (Å²) in [5.74, 6) is -0.341. The topological polar surface area (TPSA) is 42.0 Å². The summed E-state index contributed by atoms with van der Waals surface area (Å²) < 4.78 is 59.4. The lowest BCUT2D eigenvalue weighted by Gasteiger charge is -2.36. The number of ether oxygens (including phenoxy) is 2. The van der Waals surface area contributed by atoms with E-state index in [1.165, 1.54) is 24.3 Å². The lowest BCUT2D eigenvalue weighted by molar-refractivity contribution is -0.253. The van der Waals surface area contributed by atoms with E-state index in [1.54, 1.807) is 25.7 Å². The van der Waals surface area contributed by atoms with E-state index in [1.807, 2.05) is 4.90 Å². The van der Waals surface area contributed by atoms with Crippen molar-refractivity contribution in [2.45, 2.75) is 38.9 Å². The Labute approximate surface area is 149 Å². The first-order chi connectivity index (χ1) is 12.0. The number of carbonyl (C=O) groups excluding carboxylic acids is 1. The van der Waals surface area contributed by atoms with Crippen LogP contribution in [0.1, 0.15) is 20.8 Å². The number of anilines is 1. The predicted octanol–water partition coefficient (Wildman–Crippen LogP) is 3.98. The van der Waals surface area contributed by atoms with Gasteiger partial charge in [-0.25, -0.2) is 4.79 Å². The zero-order valence-electron chi connectivity index (χ0n) is 14.8. The van der Waals surface area contributed by atoms with Gasteiger partial charge < -0.3 is 19.3 Å². The maximum Gasteiger partial charge on any atom is 0.461 e. The van der Waals surface area contributed by atoms with Crippen molar-refractivity contribution in [1.82, 2.24) is 4.90 Å². The normalized spacial score (nSPS) is 16.0. The van der Waals surface area contributed by atoms with Crippen LogP contribution in [0, 0.1) is 0 Å². The average molecular weight is 378 g/mol. The van der Waals surface area contributed by atoms with E-state index in [9.17, 15) is 22.4 Å². The molecular formula is C17H22F4N2O3. The van der Waals surface area contributed by atoms with Gasteiger partial charge >= 0.3 is 18.6 Å². The highest BCUT2D eigenvalue weighted by Crippen LogP contribution is 2.29. The Morgan fingerprint density at radius 3 is 2.04 bits per heavy atom. The molecule has 0 aromatic heterocycles. The molecule has 0 aliphatic carbocycles. The Balaban J connectivity index is 1.91. The third-order valence-corrected chi connectivity index (χ3v) is 3.64. The predicted molar refractivity (Wildman–Crippen MR) is 88.0 cm³/mol. The van der Waals surface area contributed by atoms with Gasteiger partial charge in [-0.05, 0) is 45.0 Å². The Bertz CT molecular complexity index is 609. The fourth-order valence-corrected chi connectivity index (χ4v) is 2.40. The van der Waals surface area contributed by atoms with Crippen molar-refractivity contribution in [1.29, 1.82) is 0 Å². The summed E-state index contributed by atoms with van der Waals surface area (Å²) in [4.78, 5) is 15.6. The molecule has 0 atom stereocenters. The van der Waals surface area contributed by atoms with Gasteiger partial charge in [-0.2, -0.15) is 17.6 Å². The SMILES string of the molecule is CC(C)(C)OC(=O)N1CCN(c2ccc(OC(F)(F)C(F)F)cc2)CC1. The summed E-state index contributed by atoms with van der Waals surface area (Å²) >= 11 is 0. The molecule has 5 nitrogen and oxygen atoms in total. The second kappa shape index (κ2) is 7.59. The van der Waals surface area contributed by atoms with E-state index in [4.69, 9.17) is 4.74 Å². The van der Waals surface area contributed by atoms with Crippen molar-refractivity contribution < 1.29 is 31.8 Å². The second-order valence-electron chi connectivity index (χ2n) is 6.91. The molecule has 1 aromatic carbocycles. The van der Waals surface area contributed by atoms with Crippen LogP contribution in [0.4, 0.5) is 28.0 Å². The second-order valence-corrected chi connectivity index (χ2v) is 6.91. The van der Waals surface area contributed by atoms with Crippen molar-refractivity contribution >= 4 is 11.8 Å². The lowest BCUT2D eigenvalue weighted by atomic mass is 10.2. The number of alkyl halides is 4. The van der Waals surface area contributed by atoms with Gasteiger partial charge in [-0.3, -0.25) is 0 Å². The van der Waals surface area contributed by atoms with Gasteiger partial charge in [0.15, 0.2) is 0 Å². The molecule has 1 aliphatic rings. The van der Waals surface area contributed by atoms with Gasteiger partial charge in [0.2, 0.25) is 0 Å². The first-order valence-corrected chi connectivity index (χ1v) is 8.16. The summed E-state index contributed by atoms with van der Waals surface area (Å²) in [6.07, 6.45) is -8.81. The highest BCUT2D eigenvalue weighted by molar-refractivity contribution is 5.68. The first kappa shape index (κ1) is 20.1. The summed E-state index contributed by atoms with van der Waals surface area (Å²) in [5, 5.41) is 0. The fourth-order valence-electron chi connectivity index (χ4n) is 2.40. The molecule has 9 heteroatoms. The van der Waals surface area contributed by atoms with E-state index in [2.05, 4.69) is 4.74 Å². The van der Waals surface area contributed by atoms with Gasteiger partial charge in [0.05, 0.1) is 0 Å². The summed E-state index contributed by atoms with van der Waals surface area (Å²) in [7, 11) is 0. The number of rotatable bonds is 4. The molecule has 26 heavy (non-hydrogen) atoms. The molecule has 0 unspecified atom stereocenters. The van der Waals surface area contributed by atoms with Gasteiger partial charge in [-0.15, -0.1) is 0 Å². The van der Waals surface area contributed by atoms with Gasteiger partial charge in [-0.1, -0.05) is 0 Å². The Morgan fingerprint density at radius 2 is 1.58 bits per heavy atom. The van der Waals surface area contributed by atoms with Crippen LogP contribution < -0.4 is 9.64 Å². The van der Waals surface area contributed by atoms with Crippen LogP contribution in [0.25, 0.3) is 0 Å². The molecule has 1 aliphatic heterocycles. The molecule has 1 aromatic rings. The molecule has 0 bridgehead atoms.